The van der Waals surface area contributed by atoms with Gasteiger partial charge in [0.1, 0.15) is 5.75 Å². The first-order valence-electron chi connectivity index (χ1n) is 5.25. The van der Waals surface area contributed by atoms with Crippen LogP contribution in [0.1, 0.15) is 5.56 Å². The maximum atomic E-state index is 9.77. The van der Waals surface area contributed by atoms with Crippen LogP contribution in [0.3, 0.4) is 0 Å². The summed E-state index contributed by atoms with van der Waals surface area (Å²) < 4.78 is 0. The van der Waals surface area contributed by atoms with Gasteiger partial charge in [-0.15, -0.1) is 13.2 Å². The van der Waals surface area contributed by atoms with Crippen LogP contribution in [0.25, 0.3) is 6.08 Å². The van der Waals surface area contributed by atoms with E-state index in [2.05, 4.69) is 25.8 Å². The van der Waals surface area contributed by atoms with E-state index in [4.69, 9.17) is 0 Å². The summed E-state index contributed by atoms with van der Waals surface area (Å²) in [7, 11) is -0.755. The lowest BCUT2D eigenvalue weighted by molar-refractivity contribution is 0.474. The third-order valence-corrected chi connectivity index (χ3v) is 5.21. The fourth-order valence-corrected chi connectivity index (χ4v) is 3.97. The molecule has 1 radical (unpaired) electrons. The van der Waals surface area contributed by atoms with Crippen molar-refractivity contribution >= 4 is 20.1 Å². The number of aromatic hydroxyl groups is 1. The molecular formula is C14H17OSi. The molecule has 0 saturated carbocycles. The number of allylic oxidation sites excluding steroid dienone is 2. The van der Waals surface area contributed by atoms with Crippen LogP contribution in [0.5, 0.6) is 5.75 Å². The van der Waals surface area contributed by atoms with E-state index in [1.165, 1.54) is 5.19 Å². The molecule has 0 fully saturated rings. The van der Waals surface area contributed by atoms with E-state index in [0.717, 1.165) is 17.7 Å². The zero-order valence-electron chi connectivity index (χ0n) is 9.45. The van der Waals surface area contributed by atoms with E-state index in [-0.39, 0.29) is 0 Å². The molecule has 0 bridgehead atoms. The van der Waals surface area contributed by atoms with Gasteiger partial charge in [-0.3, -0.25) is 0 Å². The smallest absolute Gasteiger partial charge is 0.122 e. The van der Waals surface area contributed by atoms with Crippen LogP contribution < -0.4 is 5.19 Å². The minimum atomic E-state index is -0.755. The standard InChI is InChI=1S/C14H17OSi/c1-4-10-16(11-5-2)14-9-7-8-13(15)12(14)6-3/h4-9,15H,1-3,10-11H2. The molecule has 83 valence electrons. The van der Waals surface area contributed by atoms with E-state index < -0.39 is 8.80 Å². The summed E-state index contributed by atoms with van der Waals surface area (Å²) in [4.78, 5) is 0. The zero-order chi connectivity index (χ0) is 12.0. The van der Waals surface area contributed by atoms with E-state index >= 15 is 0 Å². The van der Waals surface area contributed by atoms with Crippen LogP contribution in [0.15, 0.2) is 50.1 Å². The van der Waals surface area contributed by atoms with Gasteiger partial charge in [0.05, 0.1) is 8.80 Å². The molecule has 1 aromatic rings. The molecule has 0 unspecified atom stereocenters. The third-order valence-electron chi connectivity index (χ3n) is 2.45. The first-order valence-corrected chi connectivity index (χ1v) is 7.17. The highest BCUT2D eigenvalue weighted by Gasteiger charge is 2.15. The maximum absolute atomic E-state index is 9.77. The van der Waals surface area contributed by atoms with Crippen LogP contribution in [-0.4, -0.2) is 13.9 Å². The SMILES string of the molecule is C=CC[Si](CC=C)c1cccc(O)c1C=C. The number of phenolic OH excluding ortho intramolecular Hbond substituents is 1. The number of hydrogen-bond donors (Lipinski definition) is 1. The predicted molar refractivity (Wildman–Crippen MR) is 73.6 cm³/mol. The van der Waals surface area contributed by atoms with Gasteiger partial charge in [0.2, 0.25) is 0 Å². The largest absolute Gasteiger partial charge is 0.507 e. The lowest BCUT2D eigenvalue weighted by atomic mass is 10.2. The van der Waals surface area contributed by atoms with Crippen molar-refractivity contribution in [3.63, 3.8) is 0 Å². The van der Waals surface area contributed by atoms with Gasteiger partial charge in [-0.1, -0.05) is 42.1 Å². The van der Waals surface area contributed by atoms with E-state index in [1.54, 1.807) is 12.1 Å². The lowest BCUT2D eigenvalue weighted by Gasteiger charge is -2.15. The first-order chi connectivity index (χ1) is 7.74. The highest BCUT2D eigenvalue weighted by atomic mass is 28.3. The quantitative estimate of drug-likeness (QED) is 0.587. The molecule has 0 aliphatic heterocycles. The van der Waals surface area contributed by atoms with Crippen molar-refractivity contribution in [1.82, 2.24) is 0 Å². The number of benzene rings is 1. The molecule has 0 saturated heterocycles. The van der Waals surface area contributed by atoms with Crippen molar-refractivity contribution in [2.75, 3.05) is 0 Å². The minimum absolute atomic E-state index is 0.308. The molecule has 0 atom stereocenters. The second kappa shape index (κ2) is 6.13. The Morgan fingerprint density at radius 3 is 2.25 bits per heavy atom. The summed E-state index contributed by atoms with van der Waals surface area (Å²) in [5, 5.41) is 11.0. The van der Waals surface area contributed by atoms with Crippen molar-refractivity contribution in [3.8, 4) is 5.75 Å². The van der Waals surface area contributed by atoms with Gasteiger partial charge >= 0.3 is 0 Å². The molecule has 0 heterocycles. The molecule has 0 amide bonds. The topological polar surface area (TPSA) is 20.2 Å². The van der Waals surface area contributed by atoms with E-state index in [0.29, 0.717) is 5.75 Å². The Balaban J connectivity index is 3.16. The maximum Gasteiger partial charge on any atom is 0.122 e. The van der Waals surface area contributed by atoms with Crippen molar-refractivity contribution < 1.29 is 5.11 Å². The Morgan fingerprint density at radius 2 is 1.75 bits per heavy atom. The Bertz CT molecular complexity index is 386. The molecule has 1 nitrogen and oxygen atoms in total. The van der Waals surface area contributed by atoms with Gasteiger partial charge in [0.25, 0.3) is 0 Å². The summed E-state index contributed by atoms with van der Waals surface area (Å²) in [6, 6.07) is 7.59. The average Bonchev–Trinajstić information content (AvgIpc) is 2.28. The molecule has 1 rings (SSSR count). The van der Waals surface area contributed by atoms with Gasteiger partial charge in [-0.25, -0.2) is 0 Å². The van der Waals surface area contributed by atoms with E-state index in [1.807, 2.05) is 18.2 Å². The molecule has 0 aliphatic carbocycles. The summed E-state index contributed by atoms with van der Waals surface area (Å²) >= 11 is 0. The van der Waals surface area contributed by atoms with Crippen LogP contribution >= 0.6 is 0 Å². The lowest BCUT2D eigenvalue weighted by Crippen LogP contribution is -2.30. The predicted octanol–water partition coefficient (Wildman–Crippen LogP) is 3.11. The molecule has 16 heavy (non-hydrogen) atoms. The number of hydrogen-bond acceptors (Lipinski definition) is 1. The highest BCUT2D eigenvalue weighted by Crippen LogP contribution is 2.17. The molecule has 2 heteroatoms. The first kappa shape index (κ1) is 12.5. The third kappa shape index (κ3) is 2.73. The van der Waals surface area contributed by atoms with Gasteiger partial charge in [-0.2, -0.15) is 0 Å². The van der Waals surface area contributed by atoms with Crippen molar-refractivity contribution in [2.45, 2.75) is 12.1 Å². The molecule has 0 spiro atoms. The fraction of sp³-hybridized carbons (Fsp3) is 0.143. The van der Waals surface area contributed by atoms with Crippen LogP contribution in [-0.2, 0) is 0 Å². The molecular weight excluding hydrogens is 212 g/mol. The van der Waals surface area contributed by atoms with E-state index in [9.17, 15) is 5.11 Å². The second-order valence-corrected chi connectivity index (χ2v) is 6.09. The Labute approximate surface area is 99.1 Å². The van der Waals surface area contributed by atoms with Crippen LogP contribution in [0.4, 0.5) is 0 Å². The van der Waals surface area contributed by atoms with Gasteiger partial charge in [-0.05, 0) is 18.2 Å². The van der Waals surface area contributed by atoms with Crippen LogP contribution in [0.2, 0.25) is 12.1 Å². The Kier molecular flexibility index (Phi) is 4.80. The molecule has 1 N–H and O–H groups in total. The van der Waals surface area contributed by atoms with Crippen molar-refractivity contribution in [3.05, 3.63) is 55.7 Å². The average molecular weight is 229 g/mol. The summed E-state index contributed by atoms with van der Waals surface area (Å²) in [5.41, 5.74) is 0.861. The summed E-state index contributed by atoms with van der Waals surface area (Å²) in [6.07, 6.45) is 5.60. The van der Waals surface area contributed by atoms with Gasteiger partial charge < -0.3 is 5.11 Å². The highest BCUT2D eigenvalue weighted by molar-refractivity contribution is 6.74. The fourth-order valence-electron chi connectivity index (χ4n) is 1.73. The van der Waals surface area contributed by atoms with Crippen LogP contribution in [0, 0.1) is 0 Å². The number of rotatable bonds is 6. The minimum Gasteiger partial charge on any atom is -0.507 e. The van der Waals surface area contributed by atoms with Gasteiger partial charge in [0, 0.05) is 5.56 Å². The Morgan fingerprint density at radius 1 is 1.12 bits per heavy atom. The molecule has 0 aromatic heterocycles. The van der Waals surface area contributed by atoms with Crippen molar-refractivity contribution in [1.29, 1.82) is 0 Å². The summed E-state index contributed by atoms with van der Waals surface area (Å²) in [6.45, 7) is 11.3. The monoisotopic (exact) mass is 229 g/mol. The molecule has 1 aromatic carbocycles. The van der Waals surface area contributed by atoms with Gasteiger partial charge in [0.15, 0.2) is 0 Å². The zero-order valence-corrected chi connectivity index (χ0v) is 10.4. The van der Waals surface area contributed by atoms with Crippen molar-refractivity contribution in [2.24, 2.45) is 0 Å². The second-order valence-electron chi connectivity index (χ2n) is 3.53. The number of phenols is 1. The molecule has 0 aliphatic rings. The normalized spacial score (nSPS) is 10.1. The Hall–Kier alpha value is -1.54. The summed E-state index contributed by atoms with van der Waals surface area (Å²) in [5.74, 6) is 0.308.